The van der Waals surface area contributed by atoms with E-state index in [0.717, 1.165) is 32.4 Å². The zero-order chi connectivity index (χ0) is 13.5. The average Bonchev–Trinajstić information content (AvgIpc) is 2.87. The molecular weight excluding hydrogens is 259 g/mol. The molecule has 2 aliphatic rings. The Balaban J connectivity index is 1.66. The summed E-state index contributed by atoms with van der Waals surface area (Å²) in [6, 6.07) is 2.89. The first-order valence-corrected chi connectivity index (χ1v) is 6.19. The number of fused-ring (bicyclic) bond motifs is 1. The molecule has 3 rings (SSSR count). The molecule has 0 saturated carbocycles. The largest absolute Gasteiger partial charge is 0.573 e. The average molecular weight is 273 g/mol. The maximum absolute atomic E-state index is 12.0. The third-order valence-corrected chi connectivity index (χ3v) is 3.67. The minimum atomic E-state index is -4.67. The van der Waals surface area contributed by atoms with Crippen LogP contribution in [0.4, 0.5) is 19.0 Å². The Morgan fingerprint density at radius 2 is 1.89 bits per heavy atom. The fraction of sp³-hybridized carbons (Fsp3) is 0.583. The highest BCUT2D eigenvalue weighted by Gasteiger charge is 2.36. The maximum Gasteiger partial charge on any atom is 0.573 e. The van der Waals surface area contributed by atoms with Crippen LogP contribution in [0.3, 0.4) is 0 Å². The number of nitrogens with one attached hydrogen (secondary N) is 1. The van der Waals surface area contributed by atoms with Gasteiger partial charge in [0.15, 0.2) is 0 Å². The Hall–Kier alpha value is -1.50. The van der Waals surface area contributed by atoms with Crippen molar-refractivity contribution >= 4 is 5.82 Å². The molecule has 0 amide bonds. The number of aromatic nitrogens is 1. The van der Waals surface area contributed by atoms with Gasteiger partial charge in [-0.3, -0.25) is 0 Å². The van der Waals surface area contributed by atoms with Gasteiger partial charge in [-0.05, 0) is 24.0 Å². The number of alkyl halides is 3. The quantitative estimate of drug-likeness (QED) is 0.889. The number of anilines is 1. The summed E-state index contributed by atoms with van der Waals surface area (Å²) in [5.41, 5.74) is 0. The lowest BCUT2D eigenvalue weighted by molar-refractivity contribution is -0.274. The minimum Gasteiger partial charge on any atom is -0.404 e. The van der Waals surface area contributed by atoms with Crippen molar-refractivity contribution in [3.63, 3.8) is 0 Å². The Kier molecular flexibility index (Phi) is 3.00. The van der Waals surface area contributed by atoms with Crippen LogP contribution in [0.5, 0.6) is 5.75 Å². The Labute approximate surface area is 108 Å². The van der Waals surface area contributed by atoms with Gasteiger partial charge in [-0.2, -0.15) is 0 Å². The molecule has 0 radical (unpaired) electrons. The molecule has 104 valence electrons. The topological polar surface area (TPSA) is 37.4 Å². The zero-order valence-electron chi connectivity index (χ0n) is 10.2. The van der Waals surface area contributed by atoms with E-state index in [1.807, 2.05) is 0 Å². The third kappa shape index (κ3) is 2.75. The van der Waals surface area contributed by atoms with Gasteiger partial charge in [0.2, 0.25) is 0 Å². The van der Waals surface area contributed by atoms with E-state index in [2.05, 4.69) is 19.9 Å². The highest BCUT2D eigenvalue weighted by Crippen LogP contribution is 2.30. The molecule has 0 aromatic carbocycles. The molecule has 3 heterocycles. The van der Waals surface area contributed by atoms with E-state index < -0.39 is 6.36 Å². The van der Waals surface area contributed by atoms with Gasteiger partial charge >= 0.3 is 6.36 Å². The van der Waals surface area contributed by atoms with E-state index in [4.69, 9.17) is 0 Å². The number of ether oxygens (including phenoxy) is 1. The van der Waals surface area contributed by atoms with Crippen LogP contribution in [0, 0.1) is 11.8 Å². The Morgan fingerprint density at radius 3 is 2.42 bits per heavy atom. The fourth-order valence-electron chi connectivity index (χ4n) is 2.80. The highest BCUT2D eigenvalue weighted by atomic mass is 19.4. The van der Waals surface area contributed by atoms with Crippen LogP contribution in [-0.4, -0.2) is 37.5 Å². The van der Waals surface area contributed by atoms with E-state index in [1.165, 1.54) is 6.07 Å². The van der Waals surface area contributed by atoms with Gasteiger partial charge in [0.05, 0.1) is 6.20 Å². The molecule has 0 unspecified atom stereocenters. The summed E-state index contributed by atoms with van der Waals surface area (Å²) in [4.78, 5) is 6.17. The molecule has 2 fully saturated rings. The molecule has 4 nitrogen and oxygen atoms in total. The molecule has 2 aliphatic heterocycles. The van der Waals surface area contributed by atoms with Crippen molar-refractivity contribution < 1.29 is 17.9 Å². The van der Waals surface area contributed by atoms with Gasteiger partial charge in [0, 0.05) is 26.2 Å². The first-order valence-electron chi connectivity index (χ1n) is 6.19. The van der Waals surface area contributed by atoms with E-state index >= 15 is 0 Å². The number of rotatable bonds is 2. The van der Waals surface area contributed by atoms with Crippen LogP contribution in [0.15, 0.2) is 18.3 Å². The highest BCUT2D eigenvalue weighted by molar-refractivity contribution is 5.42. The van der Waals surface area contributed by atoms with Gasteiger partial charge < -0.3 is 15.0 Å². The minimum absolute atomic E-state index is 0.280. The van der Waals surface area contributed by atoms with Gasteiger partial charge in [0.25, 0.3) is 0 Å². The van der Waals surface area contributed by atoms with E-state index in [1.54, 1.807) is 6.07 Å². The summed E-state index contributed by atoms with van der Waals surface area (Å²) in [5, 5.41) is 3.34. The number of halogens is 3. The van der Waals surface area contributed by atoms with Crippen molar-refractivity contribution in [3.05, 3.63) is 18.3 Å². The third-order valence-electron chi connectivity index (χ3n) is 3.67. The lowest BCUT2D eigenvalue weighted by Gasteiger charge is -2.18. The van der Waals surface area contributed by atoms with Gasteiger partial charge in [-0.25, -0.2) is 4.98 Å². The monoisotopic (exact) mass is 273 g/mol. The lowest BCUT2D eigenvalue weighted by atomic mass is 10.0. The molecule has 1 aromatic rings. The molecule has 0 aliphatic carbocycles. The van der Waals surface area contributed by atoms with Crippen molar-refractivity contribution in [2.24, 2.45) is 11.8 Å². The molecule has 2 atom stereocenters. The summed E-state index contributed by atoms with van der Waals surface area (Å²) >= 11 is 0. The van der Waals surface area contributed by atoms with Crippen LogP contribution >= 0.6 is 0 Å². The summed E-state index contributed by atoms with van der Waals surface area (Å²) in [6.07, 6.45) is -3.55. The van der Waals surface area contributed by atoms with Crippen LogP contribution in [-0.2, 0) is 0 Å². The van der Waals surface area contributed by atoms with Gasteiger partial charge in [0.1, 0.15) is 11.6 Å². The van der Waals surface area contributed by atoms with E-state index in [9.17, 15) is 13.2 Å². The van der Waals surface area contributed by atoms with Crippen LogP contribution in [0.25, 0.3) is 0 Å². The summed E-state index contributed by atoms with van der Waals surface area (Å²) in [5.74, 6) is 1.67. The first-order chi connectivity index (χ1) is 9.01. The normalized spacial score (nSPS) is 26.6. The van der Waals surface area contributed by atoms with Crippen molar-refractivity contribution in [2.75, 3.05) is 31.1 Å². The van der Waals surface area contributed by atoms with Crippen LogP contribution in [0.2, 0.25) is 0 Å². The molecular formula is C12H14F3N3O. The summed E-state index contributed by atoms with van der Waals surface area (Å²) < 4.78 is 39.9. The second-order valence-electron chi connectivity index (χ2n) is 4.98. The van der Waals surface area contributed by atoms with Crippen molar-refractivity contribution in [1.82, 2.24) is 10.3 Å². The molecule has 1 N–H and O–H groups in total. The lowest BCUT2D eigenvalue weighted by Crippen LogP contribution is -2.26. The van der Waals surface area contributed by atoms with Crippen molar-refractivity contribution in [2.45, 2.75) is 6.36 Å². The van der Waals surface area contributed by atoms with Crippen molar-refractivity contribution in [1.29, 1.82) is 0 Å². The molecule has 7 heteroatoms. The van der Waals surface area contributed by atoms with E-state index in [-0.39, 0.29) is 5.75 Å². The van der Waals surface area contributed by atoms with Gasteiger partial charge in [-0.1, -0.05) is 0 Å². The molecule has 19 heavy (non-hydrogen) atoms. The Morgan fingerprint density at radius 1 is 1.21 bits per heavy atom. The number of nitrogens with zero attached hydrogens (tertiary/aromatic N) is 2. The zero-order valence-corrected chi connectivity index (χ0v) is 10.2. The molecule has 2 saturated heterocycles. The standard InChI is InChI=1S/C12H14F3N3O/c13-12(14,15)19-10-1-2-11(17-5-10)18-6-8-3-16-4-9(8)7-18/h1-2,5,8-9,16H,3-4,6-7H2/t8-,9-/m0/s1. The van der Waals surface area contributed by atoms with Crippen LogP contribution in [0.1, 0.15) is 0 Å². The maximum atomic E-state index is 12.0. The number of hydrogen-bond donors (Lipinski definition) is 1. The fourth-order valence-corrected chi connectivity index (χ4v) is 2.80. The number of pyridine rings is 1. The van der Waals surface area contributed by atoms with Crippen LogP contribution < -0.4 is 15.0 Å². The second-order valence-corrected chi connectivity index (χ2v) is 4.98. The predicted octanol–water partition coefficient (Wildman–Crippen LogP) is 1.64. The van der Waals surface area contributed by atoms with E-state index in [0.29, 0.717) is 17.7 Å². The van der Waals surface area contributed by atoms with Gasteiger partial charge in [-0.15, -0.1) is 13.2 Å². The van der Waals surface area contributed by atoms with Crippen molar-refractivity contribution in [3.8, 4) is 5.75 Å². The predicted molar refractivity (Wildman–Crippen MR) is 63.0 cm³/mol. The summed E-state index contributed by atoms with van der Waals surface area (Å²) in [7, 11) is 0. The number of hydrogen-bond acceptors (Lipinski definition) is 4. The Bertz CT molecular complexity index is 437. The first kappa shape index (κ1) is 12.5. The smallest absolute Gasteiger partial charge is 0.404 e. The summed E-state index contributed by atoms with van der Waals surface area (Å²) in [6.45, 7) is 3.83. The second kappa shape index (κ2) is 4.56. The molecule has 0 spiro atoms. The molecule has 0 bridgehead atoms. The SMILES string of the molecule is FC(F)(F)Oc1ccc(N2C[C@@H]3CNC[C@H]3C2)nc1. The molecule has 1 aromatic heterocycles.